The molecule has 1 spiro atoms. The van der Waals surface area contributed by atoms with Crippen LogP contribution in [0.1, 0.15) is 32.1 Å². The van der Waals surface area contributed by atoms with Gasteiger partial charge in [0.1, 0.15) is 5.78 Å². The van der Waals surface area contributed by atoms with E-state index in [0.29, 0.717) is 17.8 Å². The Bertz CT molecular complexity index is 311. The van der Waals surface area contributed by atoms with E-state index < -0.39 is 0 Å². The molecular weight excluding hydrogens is 190 g/mol. The van der Waals surface area contributed by atoms with Gasteiger partial charge in [-0.1, -0.05) is 0 Å². The lowest BCUT2D eigenvalue weighted by atomic mass is 9.84. The lowest BCUT2D eigenvalue weighted by Gasteiger charge is -2.29. The van der Waals surface area contributed by atoms with Crippen LogP contribution < -0.4 is 5.32 Å². The van der Waals surface area contributed by atoms with Gasteiger partial charge >= 0.3 is 0 Å². The molecule has 3 heteroatoms. The Morgan fingerprint density at radius 3 is 2.73 bits per heavy atom. The first-order valence-electron chi connectivity index (χ1n) is 5.92. The van der Waals surface area contributed by atoms with Gasteiger partial charge < -0.3 is 10.1 Å². The molecule has 3 unspecified atom stereocenters. The standard InChI is InChI=1S/C12H19NO2/c1-13-12-6-8(15-2)5-9(12)11(3-4-11)10(14)7-12/h8-9,13H,3-7H2,1-2H3. The van der Waals surface area contributed by atoms with Crippen LogP contribution >= 0.6 is 0 Å². The minimum atomic E-state index is 0.0637. The summed E-state index contributed by atoms with van der Waals surface area (Å²) in [5.41, 5.74) is 0.130. The van der Waals surface area contributed by atoms with Crippen molar-refractivity contribution in [3.63, 3.8) is 0 Å². The first-order chi connectivity index (χ1) is 7.17. The van der Waals surface area contributed by atoms with Crippen LogP contribution in [0.2, 0.25) is 0 Å². The van der Waals surface area contributed by atoms with Gasteiger partial charge in [0.25, 0.3) is 0 Å². The van der Waals surface area contributed by atoms with Gasteiger partial charge in [-0.3, -0.25) is 4.79 Å². The number of carbonyl (C=O) groups excluding carboxylic acids is 1. The first kappa shape index (κ1) is 9.79. The van der Waals surface area contributed by atoms with E-state index in [9.17, 15) is 4.79 Å². The number of Topliss-reactive ketones (excluding diaryl/α,β-unsaturated/α-hetero) is 1. The molecule has 0 aromatic carbocycles. The molecule has 3 atom stereocenters. The number of nitrogens with one attached hydrogen (secondary N) is 1. The molecule has 0 aromatic rings. The van der Waals surface area contributed by atoms with Crippen molar-refractivity contribution in [3.05, 3.63) is 0 Å². The fourth-order valence-electron chi connectivity index (χ4n) is 4.03. The molecule has 3 aliphatic rings. The largest absolute Gasteiger partial charge is 0.381 e. The van der Waals surface area contributed by atoms with E-state index >= 15 is 0 Å². The first-order valence-corrected chi connectivity index (χ1v) is 5.92. The third-order valence-corrected chi connectivity index (χ3v) is 5.08. The predicted molar refractivity (Wildman–Crippen MR) is 56.6 cm³/mol. The number of hydrogen-bond acceptors (Lipinski definition) is 3. The Morgan fingerprint density at radius 2 is 2.20 bits per heavy atom. The van der Waals surface area contributed by atoms with Crippen molar-refractivity contribution in [2.45, 2.75) is 43.7 Å². The van der Waals surface area contributed by atoms with E-state index in [1.54, 1.807) is 7.11 Å². The molecular formula is C12H19NO2. The van der Waals surface area contributed by atoms with Crippen molar-refractivity contribution in [2.24, 2.45) is 11.3 Å². The van der Waals surface area contributed by atoms with Crippen molar-refractivity contribution in [3.8, 4) is 0 Å². The van der Waals surface area contributed by atoms with Crippen LogP contribution in [0, 0.1) is 11.3 Å². The number of fused-ring (bicyclic) bond motifs is 2. The molecule has 15 heavy (non-hydrogen) atoms. The number of hydrogen-bond donors (Lipinski definition) is 1. The summed E-state index contributed by atoms with van der Waals surface area (Å²) in [6.45, 7) is 0. The summed E-state index contributed by atoms with van der Waals surface area (Å²) in [5.74, 6) is 1.05. The highest BCUT2D eigenvalue weighted by molar-refractivity contribution is 5.92. The minimum Gasteiger partial charge on any atom is -0.381 e. The number of rotatable bonds is 2. The SMILES string of the molecule is CNC12CC(=O)C3(CC3)C1CC(OC)C2. The van der Waals surface area contributed by atoms with Crippen LogP contribution in [0.4, 0.5) is 0 Å². The summed E-state index contributed by atoms with van der Waals surface area (Å²) in [7, 11) is 3.79. The van der Waals surface area contributed by atoms with Crippen LogP contribution in [0.15, 0.2) is 0 Å². The quantitative estimate of drug-likeness (QED) is 0.740. The molecule has 3 saturated carbocycles. The molecule has 3 nitrogen and oxygen atoms in total. The maximum absolute atomic E-state index is 12.1. The number of ketones is 1. The molecule has 0 aromatic heterocycles. The van der Waals surface area contributed by atoms with Crippen molar-refractivity contribution < 1.29 is 9.53 Å². The van der Waals surface area contributed by atoms with Crippen molar-refractivity contribution in [1.82, 2.24) is 5.32 Å². The highest BCUT2D eigenvalue weighted by atomic mass is 16.5. The van der Waals surface area contributed by atoms with Gasteiger partial charge in [-0.15, -0.1) is 0 Å². The molecule has 0 aliphatic heterocycles. The second kappa shape index (κ2) is 2.83. The lowest BCUT2D eigenvalue weighted by molar-refractivity contribution is -0.122. The Labute approximate surface area is 90.6 Å². The van der Waals surface area contributed by atoms with Gasteiger partial charge in [0.15, 0.2) is 0 Å². The molecule has 84 valence electrons. The highest BCUT2D eigenvalue weighted by Gasteiger charge is 2.69. The maximum atomic E-state index is 12.1. The zero-order valence-corrected chi connectivity index (χ0v) is 9.51. The van der Waals surface area contributed by atoms with E-state index in [1.165, 1.54) is 0 Å². The maximum Gasteiger partial charge on any atom is 0.141 e. The average molecular weight is 209 g/mol. The van der Waals surface area contributed by atoms with E-state index in [0.717, 1.165) is 32.1 Å². The zero-order chi connectivity index (χ0) is 10.7. The zero-order valence-electron chi connectivity index (χ0n) is 9.51. The van der Waals surface area contributed by atoms with Crippen LogP contribution in [0.25, 0.3) is 0 Å². The summed E-state index contributed by atoms with van der Waals surface area (Å²) in [4.78, 5) is 12.1. The molecule has 0 heterocycles. The van der Waals surface area contributed by atoms with Crippen molar-refractivity contribution in [1.29, 1.82) is 0 Å². The number of ether oxygens (including phenoxy) is 1. The molecule has 3 rings (SSSR count). The number of carbonyl (C=O) groups is 1. The molecule has 0 radical (unpaired) electrons. The van der Waals surface area contributed by atoms with Gasteiger partial charge in [-0.25, -0.2) is 0 Å². The second-order valence-corrected chi connectivity index (χ2v) is 5.51. The average Bonchev–Trinajstić information content (AvgIpc) is 2.91. The lowest BCUT2D eigenvalue weighted by Crippen LogP contribution is -2.44. The third kappa shape index (κ3) is 1.06. The molecule has 0 amide bonds. The Hall–Kier alpha value is -0.410. The summed E-state index contributed by atoms with van der Waals surface area (Å²) in [6.07, 6.45) is 5.41. The molecule has 3 fully saturated rings. The van der Waals surface area contributed by atoms with Crippen LogP contribution in [0.3, 0.4) is 0 Å². The summed E-state index contributed by atoms with van der Waals surface area (Å²) < 4.78 is 5.48. The van der Waals surface area contributed by atoms with E-state index in [-0.39, 0.29) is 11.0 Å². The van der Waals surface area contributed by atoms with E-state index in [4.69, 9.17) is 4.74 Å². The summed E-state index contributed by atoms with van der Waals surface area (Å²) in [6, 6.07) is 0. The van der Waals surface area contributed by atoms with Crippen LogP contribution in [0.5, 0.6) is 0 Å². The topological polar surface area (TPSA) is 38.3 Å². The van der Waals surface area contributed by atoms with Crippen LogP contribution in [-0.4, -0.2) is 31.6 Å². The fourth-order valence-corrected chi connectivity index (χ4v) is 4.03. The highest BCUT2D eigenvalue weighted by Crippen LogP contribution is 2.66. The van der Waals surface area contributed by atoms with Gasteiger partial charge in [-0.2, -0.15) is 0 Å². The normalized spacial score (nSPS) is 46.1. The van der Waals surface area contributed by atoms with E-state index in [2.05, 4.69) is 5.32 Å². The fraction of sp³-hybridized carbons (Fsp3) is 0.917. The van der Waals surface area contributed by atoms with Gasteiger partial charge in [0, 0.05) is 24.5 Å². The Kier molecular flexibility index (Phi) is 1.85. The predicted octanol–water partition coefficient (Wildman–Crippen LogP) is 1.12. The summed E-state index contributed by atoms with van der Waals surface area (Å²) in [5, 5.41) is 3.43. The molecule has 3 aliphatic carbocycles. The monoisotopic (exact) mass is 209 g/mol. The third-order valence-electron chi connectivity index (χ3n) is 5.08. The van der Waals surface area contributed by atoms with Gasteiger partial charge in [-0.05, 0) is 38.6 Å². The molecule has 0 bridgehead atoms. The smallest absolute Gasteiger partial charge is 0.141 e. The number of methoxy groups -OCH3 is 1. The Morgan fingerprint density at radius 1 is 1.47 bits per heavy atom. The summed E-state index contributed by atoms with van der Waals surface area (Å²) >= 11 is 0. The van der Waals surface area contributed by atoms with E-state index in [1.807, 2.05) is 7.05 Å². The van der Waals surface area contributed by atoms with Crippen molar-refractivity contribution in [2.75, 3.05) is 14.2 Å². The molecule has 1 N–H and O–H groups in total. The van der Waals surface area contributed by atoms with Crippen molar-refractivity contribution >= 4 is 5.78 Å². The van der Waals surface area contributed by atoms with Crippen LogP contribution in [-0.2, 0) is 9.53 Å². The van der Waals surface area contributed by atoms with Gasteiger partial charge in [0.2, 0.25) is 0 Å². The Balaban J connectivity index is 1.94. The minimum absolute atomic E-state index is 0.0637. The molecule has 0 saturated heterocycles. The second-order valence-electron chi connectivity index (χ2n) is 5.51. The van der Waals surface area contributed by atoms with Gasteiger partial charge in [0.05, 0.1) is 6.10 Å².